The highest BCUT2D eigenvalue weighted by Crippen LogP contribution is 2.30. The van der Waals surface area contributed by atoms with Crippen LogP contribution < -0.4 is 5.32 Å². The average molecular weight is 340 g/mol. The van der Waals surface area contributed by atoms with Crippen LogP contribution in [0, 0.1) is 25.5 Å². The molecule has 0 amide bonds. The Bertz CT molecular complexity index is 617. The third-order valence-corrected chi connectivity index (χ3v) is 3.98. The number of nitrogens with one attached hydrogen (secondary N) is 1. The maximum absolute atomic E-state index is 14.3. The minimum absolute atomic E-state index is 0.273. The van der Waals surface area contributed by atoms with E-state index in [0.29, 0.717) is 15.6 Å². The van der Waals surface area contributed by atoms with Gasteiger partial charge in [-0.05, 0) is 71.7 Å². The van der Waals surface area contributed by atoms with Gasteiger partial charge in [0.2, 0.25) is 0 Å². The Morgan fingerprint density at radius 2 is 1.75 bits per heavy atom. The van der Waals surface area contributed by atoms with E-state index in [2.05, 4.69) is 21.2 Å². The van der Waals surface area contributed by atoms with Crippen LogP contribution in [0.15, 0.2) is 34.8 Å². The molecule has 0 radical (unpaired) electrons. The first-order chi connectivity index (χ1) is 9.43. The summed E-state index contributed by atoms with van der Waals surface area (Å²) >= 11 is 3.13. The summed E-state index contributed by atoms with van der Waals surface area (Å²) < 4.78 is 28.4. The van der Waals surface area contributed by atoms with E-state index in [1.165, 1.54) is 12.1 Å². The van der Waals surface area contributed by atoms with Crippen LogP contribution >= 0.6 is 15.9 Å². The molecule has 2 aromatic carbocycles. The third-order valence-electron chi connectivity index (χ3n) is 3.34. The van der Waals surface area contributed by atoms with E-state index in [1.807, 2.05) is 19.9 Å². The van der Waals surface area contributed by atoms with Crippen LogP contribution in [0.5, 0.6) is 0 Å². The molecule has 20 heavy (non-hydrogen) atoms. The number of halogens is 3. The molecule has 0 aliphatic carbocycles. The normalized spacial score (nSPS) is 12.5. The number of rotatable bonds is 3. The van der Waals surface area contributed by atoms with Gasteiger partial charge in [-0.3, -0.25) is 0 Å². The lowest BCUT2D eigenvalue weighted by molar-refractivity contribution is 0.567. The lowest BCUT2D eigenvalue weighted by Gasteiger charge is -2.21. The average Bonchev–Trinajstić information content (AvgIpc) is 2.37. The van der Waals surface area contributed by atoms with E-state index in [9.17, 15) is 8.78 Å². The van der Waals surface area contributed by atoms with Crippen molar-refractivity contribution in [3.05, 3.63) is 68.7 Å². The molecule has 0 bridgehead atoms. The summed E-state index contributed by atoms with van der Waals surface area (Å²) in [6.45, 7) is 3.72. The second-order valence-corrected chi connectivity index (χ2v) is 5.73. The van der Waals surface area contributed by atoms with Crippen LogP contribution in [0.25, 0.3) is 0 Å². The zero-order valence-corrected chi connectivity index (χ0v) is 13.2. The van der Waals surface area contributed by atoms with Crippen LogP contribution in [0.4, 0.5) is 8.78 Å². The minimum atomic E-state index is -0.377. The molecule has 106 valence electrons. The highest BCUT2D eigenvalue weighted by Gasteiger charge is 2.19. The first kappa shape index (κ1) is 15.1. The molecule has 1 N–H and O–H groups in total. The molecule has 1 atom stereocenters. The summed E-state index contributed by atoms with van der Waals surface area (Å²) in [5.41, 5.74) is 2.98. The summed E-state index contributed by atoms with van der Waals surface area (Å²) in [4.78, 5) is 0. The lowest BCUT2D eigenvalue weighted by Crippen LogP contribution is -2.20. The molecule has 0 heterocycles. The van der Waals surface area contributed by atoms with E-state index < -0.39 is 0 Å². The van der Waals surface area contributed by atoms with Crippen molar-refractivity contribution in [1.29, 1.82) is 0 Å². The second kappa shape index (κ2) is 6.02. The largest absolute Gasteiger partial charge is 0.309 e. The van der Waals surface area contributed by atoms with Crippen molar-refractivity contribution in [3.63, 3.8) is 0 Å². The molecular formula is C16H16BrF2N. The predicted molar refractivity (Wildman–Crippen MR) is 80.9 cm³/mol. The van der Waals surface area contributed by atoms with Gasteiger partial charge in [-0.1, -0.05) is 12.1 Å². The molecule has 0 aliphatic heterocycles. The highest BCUT2D eigenvalue weighted by molar-refractivity contribution is 9.10. The molecule has 0 saturated carbocycles. The van der Waals surface area contributed by atoms with Crippen LogP contribution in [-0.4, -0.2) is 7.05 Å². The Kier molecular flexibility index (Phi) is 4.55. The summed E-state index contributed by atoms with van der Waals surface area (Å²) in [6.07, 6.45) is 0. The Morgan fingerprint density at radius 3 is 2.30 bits per heavy atom. The van der Waals surface area contributed by atoms with Crippen molar-refractivity contribution in [2.24, 2.45) is 0 Å². The van der Waals surface area contributed by atoms with Gasteiger partial charge >= 0.3 is 0 Å². The fourth-order valence-corrected chi connectivity index (χ4v) is 2.71. The van der Waals surface area contributed by atoms with Crippen LogP contribution in [0.1, 0.15) is 28.3 Å². The van der Waals surface area contributed by atoms with Gasteiger partial charge in [-0.15, -0.1) is 0 Å². The molecule has 0 aromatic heterocycles. The van der Waals surface area contributed by atoms with Crippen molar-refractivity contribution in [3.8, 4) is 0 Å². The van der Waals surface area contributed by atoms with Crippen molar-refractivity contribution in [2.45, 2.75) is 19.9 Å². The van der Waals surface area contributed by atoms with E-state index in [1.54, 1.807) is 19.2 Å². The molecule has 1 nitrogen and oxygen atoms in total. The van der Waals surface area contributed by atoms with Crippen LogP contribution in [-0.2, 0) is 0 Å². The minimum Gasteiger partial charge on any atom is -0.309 e. The van der Waals surface area contributed by atoms with Crippen molar-refractivity contribution < 1.29 is 8.78 Å². The maximum Gasteiger partial charge on any atom is 0.137 e. The Balaban J connectivity index is 2.55. The topological polar surface area (TPSA) is 12.0 Å². The van der Waals surface area contributed by atoms with Gasteiger partial charge < -0.3 is 5.32 Å². The van der Waals surface area contributed by atoms with Gasteiger partial charge in [0, 0.05) is 5.56 Å². The first-order valence-electron chi connectivity index (χ1n) is 6.33. The third kappa shape index (κ3) is 2.91. The summed E-state index contributed by atoms with van der Waals surface area (Å²) in [5.74, 6) is -0.627. The van der Waals surface area contributed by atoms with E-state index in [0.717, 1.165) is 11.1 Å². The molecule has 0 aliphatic rings. The quantitative estimate of drug-likeness (QED) is 0.857. The first-order valence-corrected chi connectivity index (χ1v) is 7.12. The summed E-state index contributed by atoms with van der Waals surface area (Å²) in [6, 6.07) is 7.89. The number of hydrogen-bond donors (Lipinski definition) is 1. The molecule has 0 fully saturated rings. The number of benzene rings is 2. The molecular weight excluding hydrogens is 324 g/mol. The van der Waals surface area contributed by atoms with Gasteiger partial charge in [0.05, 0.1) is 10.5 Å². The SMILES string of the molecule is CNC(c1ccc(Br)c(F)c1)c1c(C)cc(C)cc1F. The Morgan fingerprint density at radius 1 is 1.05 bits per heavy atom. The van der Waals surface area contributed by atoms with Crippen LogP contribution in [0.2, 0.25) is 0 Å². The van der Waals surface area contributed by atoms with E-state index >= 15 is 0 Å². The van der Waals surface area contributed by atoms with Gasteiger partial charge in [0.25, 0.3) is 0 Å². The fourth-order valence-electron chi connectivity index (χ4n) is 2.46. The zero-order chi connectivity index (χ0) is 14.9. The number of aryl methyl sites for hydroxylation is 2. The van der Waals surface area contributed by atoms with Gasteiger partial charge in [0.15, 0.2) is 0 Å². The second-order valence-electron chi connectivity index (χ2n) is 4.87. The predicted octanol–water partition coefficient (Wildman–Crippen LogP) is 4.65. The maximum atomic E-state index is 14.3. The molecule has 2 rings (SSSR count). The highest BCUT2D eigenvalue weighted by atomic mass is 79.9. The molecule has 1 unspecified atom stereocenters. The summed E-state index contributed by atoms with van der Waals surface area (Å²) in [5, 5.41) is 3.06. The monoisotopic (exact) mass is 339 g/mol. The van der Waals surface area contributed by atoms with Crippen molar-refractivity contribution >= 4 is 15.9 Å². The number of hydrogen-bond acceptors (Lipinski definition) is 1. The smallest absolute Gasteiger partial charge is 0.137 e. The fraction of sp³-hybridized carbons (Fsp3) is 0.250. The van der Waals surface area contributed by atoms with E-state index in [-0.39, 0.29) is 17.7 Å². The molecule has 4 heteroatoms. The van der Waals surface area contributed by atoms with Crippen LogP contribution in [0.3, 0.4) is 0 Å². The van der Waals surface area contributed by atoms with Crippen molar-refractivity contribution in [2.75, 3.05) is 7.05 Å². The van der Waals surface area contributed by atoms with Gasteiger partial charge in [-0.2, -0.15) is 0 Å². The molecule has 2 aromatic rings. The van der Waals surface area contributed by atoms with Crippen molar-refractivity contribution in [1.82, 2.24) is 5.32 Å². The Hall–Kier alpha value is -1.26. The summed E-state index contributed by atoms with van der Waals surface area (Å²) in [7, 11) is 1.74. The standard InChI is InChI=1S/C16H16BrF2N/c1-9-6-10(2)15(14(19)7-9)16(20-3)11-4-5-12(17)13(18)8-11/h4-8,16,20H,1-3H3. The van der Waals surface area contributed by atoms with Gasteiger partial charge in [0.1, 0.15) is 11.6 Å². The molecule has 0 saturated heterocycles. The molecule has 0 spiro atoms. The lowest BCUT2D eigenvalue weighted by atomic mass is 9.93. The zero-order valence-electron chi connectivity index (χ0n) is 11.6. The van der Waals surface area contributed by atoms with Gasteiger partial charge in [-0.25, -0.2) is 8.78 Å². The van der Waals surface area contributed by atoms with E-state index in [4.69, 9.17) is 0 Å². The Labute approximate surface area is 126 Å².